The van der Waals surface area contributed by atoms with E-state index in [1.165, 1.54) is 52.9 Å². The smallest absolute Gasteiger partial charge is 0.164 e. The summed E-state index contributed by atoms with van der Waals surface area (Å²) in [6.45, 7) is 2.33. The Morgan fingerprint density at radius 3 is 1.93 bits per heavy atom. The maximum atomic E-state index is 5.45. The molecule has 2 aliphatic rings. The zero-order chi connectivity index (χ0) is 40.5. The van der Waals surface area contributed by atoms with Crippen molar-refractivity contribution in [3.05, 3.63) is 206 Å². The lowest BCUT2D eigenvalue weighted by Gasteiger charge is -2.33. The summed E-state index contributed by atoms with van der Waals surface area (Å²) in [5, 5.41) is 3.63. The Kier molecular flexibility index (Phi) is 8.44. The molecule has 0 saturated carbocycles. The van der Waals surface area contributed by atoms with Gasteiger partial charge in [-0.1, -0.05) is 164 Å². The van der Waals surface area contributed by atoms with Crippen molar-refractivity contribution in [2.45, 2.75) is 22.5 Å². The standard InChI is InChI=1S/C55H36N4S2/c1-55-44(41-20-8-11-25-48(41)61-55)22-13-23-45(55)54-58-52(37-16-6-3-7-17-37)57-53(59-54)40-19-12-18-39(32-40)50-51-49(42-21-9-10-24-47(42)60-51)43-33-38(30-31-46(43)56-50)36-28-26-35(27-29-36)34-14-4-2-5-15-34/h2-33,44H,1H3. The number of allylic oxidation sites excluding steroid dienone is 3. The fraction of sp³-hybridized carbons (Fsp3) is 0.0545. The second kappa shape index (κ2) is 14.3. The Hall–Kier alpha value is -6.99. The summed E-state index contributed by atoms with van der Waals surface area (Å²) in [7, 11) is 0. The van der Waals surface area contributed by atoms with Crippen LogP contribution >= 0.6 is 23.1 Å². The van der Waals surface area contributed by atoms with Crippen LogP contribution in [0.4, 0.5) is 0 Å². The number of thiophene rings is 1. The third kappa shape index (κ3) is 6.05. The minimum absolute atomic E-state index is 0.219. The molecule has 0 spiro atoms. The zero-order valence-corrected chi connectivity index (χ0v) is 34.8. The van der Waals surface area contributed by atoms with Gasteiger partial charge in [0.2, 0.25) is 0 Å². The number of nitrogens with zero attached hydrogens (tertiary/aromatic N) is 4. The van der Waals surface area contributed by atoms with Gasteiger partial charge >= 0.3 is 0 Å². The molecule has 0 fully saturated rings. The van der Waals surface area contributed by atoms with E-state index in [1.54, 1.807) is 11.3 Å². The van der Waals surface area contributed by atoms with Crippen LogP contribution in [0.15, 0.2) is 199 Å². The molecule has 2 unspecified atom stereocenters. The van der Waals surface area contributed by atoms with Gasteiger partial charge in [0.05, 0.1) is 20.7 Å². The van der Waals surface area contributed by atoms with Crippen LogP contribution in [0.3, 0.4) is 0 Å². The number of benzene rings is 7. The van der Waals surface area contributed by atoms with Crippen LogP contribution in [0, 0.1) is 0 Å². The lowest BCUT2D eigenvalue weighted by molar-refractivity contribution is 0.711. The number of rotatable bonds is 6. The van der Waals surface area contributed by atoms with Gasteiger partial charge in [0, 0.05) is 53.9 Å². The fourth-order valence-corrected chi connectivity index (χ4v) is 11.9. The Morgan fingerprint density at radius 1 is 0.492 bits per heavy atom. The summed E-state index contributed by atoms with van der Waals surface area (Å²) in [5.41, 5.74) is 12.0. The number of hydrogen-bond acceptors (Lipinski definition) is 6. The van der Waals surface area contributed by atoms with E-state index in [2.05, 4.69) is 183 Å². The lowest BCUT2D eigenvalue weighted by atomic mass is 9.78. The van der Waals surface area contributed by atoms with Gasteiger partial charge in [0.25, 0.3) is 0 Å². The van der Waals surface area contributed by atoms with Crippen molar-refractivity contribution in [3.8, 4) is 56.3 Å². The molecule has 0 radical (unpaired) electrons. The Morgan fingerprint density at radius 2 is 1.11 bits per heavy atom. The van der Waals surface area contributed by atoms with E-state index < -0.39 is 0 Å². The minimum atomic E-state index is -0.264. The van der Waals surface area contributed by atoms with Crippen LogP contribution in [0.2, 0.25) is 0 Å². The predicted octanol–water partition coefficient (Wildman–Crippen LogP) is 14.7. The van der Waals surface area contributed by atoms with Crippen molar-refractivity contribution in [2.24, 2.45) is 0 Å². The van der Waals surface area contributed by atoms with Gasteiger partial charge in [0.1, 0.15) is 0 Å². The van der Waals surface area contributed by atoms with Gasteiger partial charge in [-0.2, -0.15) is 0 Å². The molecule has 4 nitrogen and oxygen atoms in total. The summed E-state index contributed by atoms with van der Waals surface area (Å²) in [6, 6.07) is 62.4. The molecule has 1 aliphatic carbocycles. The molecule has 6 heteroatoms. The molecule has 0 saturated heterocycles. The van der Waals surface area contributed by atoms with Gasteiger partial charge in [0.15, 0.2) is 17.5 Å². The highest BCUT2D eigenvalue weighted by atomic mass is 32.2. The molecule has 288 valence electrons. The number of pyridine rings is 1. The van der Waals surface area contributed by atoms with Crippen molar-refractivity contribution in [2.75, 3.05) is 0 Å². The molecule has 3 aromatic heterocycles. The maximum Gasteiger partial charge on any atom is 0.164 e. The molecule has 2 atom stereocenters. The Balaban J connectivity index is 0.988. The SMILES string of the molecule is CC12Sc3ccccc3C1C=CC=C2c1nc(-c2ccccc2)nc(-c2cccc(-c3nc4ccc(-c5ccc(-c6ccccc6)cc5)cc4c4c3sc3ccccc34)c2)n1. The van der Waals surface area contributed by atoms with E-state index >= 15 is 0 Å². The van der Waals surface area contributed by atoms with Crippen molar-refractivity contribution >= 4 is 59.7 Å². The van der Waals surface area contributed by atoms with Crippen LogP contribution in [0.5, 0.6) is 0 Å². The fourth-order valence-electron chi connectivity index (χ4n) is 9.15. The van der Waals surface area contributed by atoms with Crippen molar-refractivity contribution in [1.29, 1.82) is 0 Å². The number of aromatic nitrogens is 4. The van der Waals surface area contributed by atoms with E-state index in [4.69, 9.17) is 19.9 Å². The van der Waals surface area contributed by atoms with Crippen LogP contribution < -0.4 is 0 Å². The molecular weight excluding hydrogens is 781 g/mol. The van der Waals surface area contributed by atoms with Gasteiger partial charge in [-0.25, -0.2) is 19.9 Å². The largest absolute Gasteiger partial charge is 0.246 e. The molecule has 7 aromatic carbocycles. The molecule has 0 amide bonds. The van der Waals surface area contributed by atoms with Gasteiger partial charge < -0.3 is 0 Å². The lowest BCUT2D eigenvalue weighted by Crippen LogP contribution is -2.29. The van der Waals surface area contributed by atoms with E-state index in [0.717, 1.165) is 38.9 Å². The Labute approximate surface area is 362 Å². The number of thioether (sulfide) groups is 1. The van der Waals surface area contributed by atoms with Crippen LogP contribution in [0.25, 0.3) is 92.9 Å². The molecule has 0 N–H and O–H groups in total. The summed E-state index contributed by atoms with van der Waals surface area (Å²) in [4.78, 5) is 22.4. The number of hydrogen-bond donors (Lipinski definition) is 0. The zero-order valence-electron chi connectivity index (χ0n) is 33.2. The second-order valence-electron chi connectivity index (χ2n) is 15.9. The molecule has 61 heavy (non-hydrogen) atoms. The maximum absolute atomic E-state index is 5.45. The quantitative estimate of drug-likeness (QED) is 0.167. The first kappa shape index (κ1) is 35.9. The highest BCUT2D eigenvalue weighted by Gasteiger charge is 2.47. The van der Waals surface area contributed by atoms with Crippen molar-refractivity contribution in [3.63, 3.8) is 0 Å². The molecular formula is C55H36N4S2. The summed E-state index contributed by atoms with van der Waals surface area (Å²) < 4.78 is 2.14. The average Bonchev–Trinajstić information content (AvgIpc) is 3.87. The predicted molar refractivity (Wildman–Crippen MR) is 256 cm³/mol. The molecule has 4 heterocycles. The van der Waals surface area contributed by atoms with Gasteiger partial charge in [-0.15, -0.1) is 23.1 Å². The summed E-state index contributed by atoms with van der Waals surface area (Å²) in [5.74, 6) is 2.21. The molecule has 0 bridgehead atoms. The second-order valence-corrected chi connectivity index (χ2v) is 18.4. The Bertz CT molecular complexity index is 3410. The number of fused-ring (bicyclic) bond motifs is 8. The van der Waals surface area contributed by atoms with E-state index in [1.807, 2.05) is 30.0 Å². The highest BCUT2D eigenvalue weighted by molar-refractivity contribution is 8.01. The highest BCUT2D eigenvalue weighted by Crippen LogP contribution is 2.60. The van der Waals surface area contributed by atoms with Crippen molar-refractivity contribution in [1.82, 2.24) is 19.9 Å². The normalized spacial score (nSPS) is 16.8. The van der Waals surface area contributed by atoms with E-state index in [9.17, 15) is 0 Å². The van der Waals surface area contributed by atoms with E-state index in [-0.39, 0.29) is 10.7 Å². The first-order chi connectivity index (χ1) is 30.1. The van der Waals surface area contributed by atoms with Gasteiger partial charge in [-0.05, 0) is 65.1 Å². The third-order valence-corrected chi connectivity index (χ3v) is 14.9. The minimum Gasteiger partial charge on any atom is -0.246 e. The first-order valence-corrected chi connectivity index (χ1v) is 22.2. The molecule has 12 rings (SSSR count). The third-order valence-electron chi connectivity index (χ3n) is 12.2. The van der Waals surface area contributed by atoms with Crippen LogP contribution in [0.1, 0.15) is 24.2 Å². The van der Waals surface area contributed by atoms with Crippen LogP contribution in [-0.2, 0) is 0 Å². The summed E-state index contributed by atoms with van der Waals surface area (Å²) >= 11 is 3.71. The average molecular weight is 817 g/mol. The topological polar surface area (TPSA) is 51.6 Å². The molecule has 10 aromatic rings. The van der Waals surface area contributed by atoms with E-state index in [0.29, 0.717) is 17.5 Å². The summed E-state index contributed by atoms with van der Waals surface area (Å²) in [6.07, 6.45) is 6.69. The monoisotopic (exact) mass is 816 g/mol. The van der Waals surface area contributed by atoms with Crippen molar-refractivity contribution < 1.29 is 0 Å². The first-order valence-electron chi connectivity index (χ1n) is 20.6. The van der Waals surface area contributed by atoms with Crippen LogP contribution in [-0.4, -0.2) is 24.7 Å². The van der Waals surface area contributed by atoms with Gasteiger partial charge in [-0.3, -0.25) is 0 Å². The molecule has 1 aliphatic heterocycles.